The second-order valence-electron chi connectivity index (χ2n) is 2.56. The van der Waals surface area contributed by atoms with Crippen LogP contribution in [0.1, 0.15) is 19.2 Å². The van der Waals surface area contributed by atoms with Gasteiger partial charge in [-0.25, -0.2) is 4.98 Å². The minimum absolute atomic E-state index is 0.176. The highest BCUT2D eigenvalue weighted by Gasteiger charge is 1.98. The molecule has 1 N–H and O–H groups in total. The molecule has 1 aromatic heterocycles. The van der Waals surface area contributed by atoms with E-state index in [0.717, 1.165) is 6.42 Å². The van der Waals surface area contributed by atoms with Gasteiger partial charge in [-0.3, -0.25) is 4.79 Å². The number of nitrogens with zero attached hydrogens (tertiary/aromatic N) is 1. The number of hydrogen-bond donors (Lipinski definition) is 1. The summed E-state index contributed by atoms with van der Waals surface area (Å²) in [6.07, 6.45) is 2.43. The zero-order valence-corrected chi connectivity index (χ0v) is 8.93. The van der Waals surface area contributed by atoms with Crippen LogP contribution in [-0.2, 0) is 11.3 Å². The standard InChI is InChI=1S/C8H11BrN2O2/c1-2-3-13-5-7-10-4-6(9)8(12)11-7/h4H,2-3,5H2,1H3,(H,10,11,12). The lowest BCUT2D eigenvalue weighted by molar-refractivity contribution is 0.116. The highest BCUT2D eigenvalue weighted by atomic mass is 79.9. The molecule has 1 heterocycles. The molecule has 0 saturated heterocycles. The van der Waals surface area contributed by atoms with E-state index in [0.29, 0.717) is 23.5 Å². The van der Waals surface area contributed by atoms with Gasteiger partial charge in [-0.15, -0.1) is 0 Å². The van der Waals surface area contributed by atoms with E-state index in [1.807, 2.05) is 6.92 Å². The van der Waals surface area contributed by atoms with Crippen molar-refractivity contribution >= 4 is 15.9 Å². The largest absolute Gasteiger partial charge is 0.374 e. The molecule has 0 aliphatic rings. The van der Waals surface area contributed by atoms with Gasteiger partial charge in [0, 0.05) is 12.8 Å². The Balaban J connectivity index is 2.58. The van der Waals surface area contributed by atoms with E-state index in [1.165, 1.54) is 6.20 Å². The highest BCUT2D eigenvalue weighted by molar-refractivity contribution is 9.10. The number of H-pyrrole nitrogens is 1. The Morgan fingerprint density at radius 2 is 2.46 bits per heavy atom. The lowest BCUT2D eigenvalue weighted by Crippen LogP contribution is -2.12. The SMILES string of the molecule is CCCOCc1ncc(Br)c(=O)[nH]1. The molecule has 72 valence electrons. The van der Waals surface area contributed by atoms with Crippen molar-refractivity contribution in [1.82, 2.24) is 9.97 Å². The van der Waals surface area contributed by atoms with Gasteiger partial charge in [0.05, 0.1) is 0 Å². The summed E-state index contributed by atoms with van der Waals surface area (Å²) in [6.45, 7) is 3.06. The molecule has 0 fully saturated rings. The summed E-state index contributed by atoms with van der Waals surface area (Å²) in [5, 5.41) is 0. The molecule has 0 aliphatic carbocycles. The van der Waals surface area contributed by atoms with Crippen LogP contribution in [-0.4, -0.2) is 16.6 Å². The Bertz CT molecular complexity index is 324. The van der Waals surface area contributed by atoms with Crippen LogP contribution in [0.3, 0.4) is 0 Å². The van der Waals surface area contributed by atoms with Gasteiger partial charge < -0.3 is 9.72 Å². The Hall–Kier alpha value is -0.680. The van der Waals surface area contributed by atoms with E-state index in [4.69, 9.17) is 4.74 Å². The molecule has 0 unspecified atom stereocenters. The molecule has 1 aromatic rings. The number of rotatable bonds is 4. The molecule has 0 radical (unpaired) electrons. The summed E-state index contributed by atoms with van der Waals surface area (Å²) in [5.41, 5.74) is -0.176. The smallest absolute Gasteiger partial charge is 0.265 e. The number of hydrogen-bond acceptors (Lipinski definition) is 3. The second-order valence-corrected chi connectivity index (χ2v) is 3.41. The zero-order valence-electron chi connectivity index (χ0n) is 7.34. The van der Waals surface area contributed by atoms with Crippen LogP contribution in [0, 0.1) is 0 Å². The number of nitrogens with one attached hydrogen (secondary N) is 1. The van der Waals surface area contributed by atoms with E-state index < -0.39 is 0 Å². The average Bonchev–Trinajstić information content (AvgIpc) is 2.12. The number of ether oxygens (including phenoxy) is 1. The quantitative estimate of drug-likeness (QED) is 0.819. The van der Waals surface area contributed by atoms with Gasteiger partial charge in [0.25, 0.3) is 5.56 Å². The topological polar surface area (TPSA) is 55.0 Å². The molecule has 0 spiro atoms. The van der Waals surface area contributed by atoms with Crippen LogP contribution in [0.15, 0.2) is 15.5 Å². The maximum Gasteiger partial charge on any atom is 0.265 e. The van der Waals surface area contributed by atoms with Gasteiger partial charge in [-0.1, -0.05) is 6.92 Å². The van der Waals surface area contributed by atoms with Gasteiger partial charge in [0.1, 0.15) is 16.9 Å². The van der Waals surface area contributed by atoms with Crippen molar-refractivity contribution in [1.29, 1.82) is 0 Å². The summed E-state index contributed by atoms with van der Waals surface area (Å²) >= 11 is 3.06. The molecule has 1 rings (SSSR count). The van der Waals surface area contributed by atoms with Gasteiger partial charge >= 0.3 is 0 Å². The predicted octanol–water partition coefficient (Wildman–Crippen LogP) is 1.46. The Kier molecular flexibility index (Phi) is 4.11. The van der Waals surface area contributed by atoms with Crippen molar-refractivity contribution in [3.05, 3.63) is 26.8 Å². The Labute approximate surface area is 84.5 Å². The first-order valence-corrected chi connectivity index (χ1v) is 4.84. The van der Waals surface area contributed by atoms with Crippen LogP contribution < -0.4 is 5.56 Å². The summed E-state index contributed by atoms with van der Waals surface area (Å²) in [6, 6.07) is 0. The monoisotopic (exact) mass is 246 g/mol. The molecular weight excluding hydrogens is 236 g/mol. The van der Waals surface area contributed by atoms with Gasteiger partial charge in [-0.05, 0) is 22.4 Å². The van der Waals surface area contributed by atoms with Crippen LogP contribution in [0.25, 0.3) is 0 Å². The molecule has 4 nitrogen and oxygen atoms in total. The summed E-state index contributed by atoms with van der Waals surface area (Å²) in [5.74, 6) is 0.557. The Morgan fingerprint density at radius 3 is 3.08 bits per heavy atom. The van der Waals surface area contributed by atoms with E-state index in [2.05, 4.69) is 25.9 Å². The van der Waals surface area contributed by atoms with Gasteiger partial charge in [0.15, 0.2) is 0 Å². The molecule has 0 aromatic carbocycles. The lowest BCUT2D eigenvalue weighted by Gasteiger charge is -2.00. The fraction of sp³-hybridized carbons (Fsp3) is 0.500. The minimum Gasteiger partial charge on any atom is -0.374 e. The average molecular weight is 247 g/mol. The molecule has 5 heteroatoms. The highest BCUT2D eigenvalue weighted by Crippen LogP contribution is 1.99. The maximum absolute atomic E-state index is 11.1. The minimum atomic E-state index is -0.176. The third kappa shape index (κ3) is 3.28. The summed E-state index contributed by atoms with van der Waals surface area (Å²) in [7, 11) is 0. The van der Waals surface area contributed by atoms with Crippen molar-refractivity contribution in [3.8, 4) is 0 Å². The third-order valence-corrected chi connectivity index (χ3v) is 1.96. The lowest BCUT2D eigenvalue weighted by atomic mass is 10.5. The molecular formula is C8H11BrN2O2. The number of aromatic amines is 1. The van der Waals surface area contributed by atoms with Crippen LogP contribution in [0.5, 0.6) is 0 Å². The van der Waals surface area contributed by atoms with Crippen molar-refractivity contribution in [2.45, 2.75) is 20.0 Å². The first kappa shape index (κ1) is 10.4. The van der Waals surface area contributed by atoms with E-state index >= 15 is 0 Å². The second kappa shape index (κ2) is 5.14. The molecule has 0 bridgehead atoms. The fourth-order valence-corrected chi connectivity index (χ4v) is 1.00. The summed E-state index contributed by atoms with van der Waals surface area (Å²) in [4.78, 5) is 17.7. The predicted molar refractivity (Wildman–Crippen MR) is 52.5 cm³/mol. The van der Waals surface area contributed by atoms with E-state index in [-0.39, 0.29) is 5.56 Å². The van der Waals surface area contributed by atoms with Crippen molar-refractivity contribution in [3.63, 3.8) is 0 Å². The molecule has 0 atom stereocenters. The number of halogens is 1. The van der Waals surface area contributed by atoms with Crippen molar-refractivity contribution in [2.24, 2.45) is 0 Å². The van der Waals surface area contributed by atoms with Gasteiger partial charge in [-0.2, -0.15) is 0 Å². The maximum atomic E-state index is 11.1. The molecule has 0 amide bonds. The van der Waals surface area contributed by atoms with E-state index in [9.17, 15) is 4.79 Å². The van der Waals surface area contributed by atoms with Crippen LogP contribution in [0.2, 0.25) is 0 Å². The molecule has 0 saturated carbocycles. The van der Waals surface area contributed by atoms with Gasteiger partial charge in [0.2, 0.25) is 0 Å². The van der Waals surface area contributed by atoms with Crippen LogP contribution >= 0.6 is 15.9 Å². The molecule has 13 heavy (non-hydrogen) atoms. The van der Waals surface area contributed by atoms with Crippen molar-refractivity contribution in [2.75, 3.05) is 6.61 Å². The first-order chi connectivity index (χ1) is 6.24. The van der Waals surface area contributed by atoms with Crippen LogP contribution in [0.4, 0.5) is 0 Å². The third-order valence-electron chi connectivity index (χ3n) is 1.40. The van der Waals surface area contributed by atoms with Crippen molar-refractivity contribution < 1.29 is 4.74 Å². The normalized spacial score (nSPS) is 10.3. The molecule has 0 aliphatic heterocycles. The van der Waals surface area contributed by atoms with E-state index in [1.54, 1.807) is 0 Å². The summed E-state index contributed by atoms with van der Waals surface area (Å²) < 4.78 is 5.65. The Morgan fingerprint density at radius 1 is 1.69 bits per heavy atom. The first-order valence-electron chi connectivity index (χ1n) is 4.05. The number of aromatic nitrogens is 2. The fourth-order valence-electron chi connectivity index (χ4n) is 0.803. The zero-order chi connectivity index (χ0) is 9.68.